The molecule has 2 aromatic carbocycles. The molecule has 3 rings (SSSR count). The molecule has 1 aliphatic rings. The second-order valence-corrected chi connectivity index (χ2v) is 7.59. The Morgan fingerprint density at radius 3 is 2.82 bits per heavy atom. The lowest BCUT2D eigenvalue weighted by Gasteiger charge is -2.28. The maximum Gasteiger partial charge on any atom is 0.282 e. The van der Waals surface area contributed by atoms with Gasteiger partial charge in [-0.2, -0.15) is 0 Å². The summed E-state index contributed by atoms with van der Waals surface area (Å²) in [7, 11) is 3.57. The van der Waals surface area contributed by atoms with E-state index < -0.39 is 0 Å². The van der Waals surface area contributed by atoms with Gasteiger partial charge in [0, 0.05) is 23.0 Å². The third kappa shape index (κ3) is 4.46. The van der Waals surface area contributed by atoms with Crippen LogP contribution in [0.2, 0.25) is 5.02 Å². The molecule has 6 nitrogen and oxygen atoms in total. The van der Waals surface area contributed by atoms with Gasteiger partial charge < -0.3 is 19.9 Å². The number of nitrogens with one attached hydrogen (secondary N) is 2. The Morgan fingerprint density at radius 2 is 2.07 bits per heavy atom. The van der Waals surface area contributed by atoms with Crippen molar-refractivity contribution in [3.05, 3.63) is 53.1 Å². The van der Waals surface area contributed by atoms with Crippen LogP contribution < -0.4 is 19.9 Å². The maximum atomic E-state index is 13.2. The number of benzene rings is 2. The molecule has 0 bridgehead atoms. The van der Waals surface area contributed by atoms with Crippen LogP contribution in [-0.4, -0.2) is 38.6 Å². The van der Waals surface area contributed by atoms with Gasteiger partial charge in [-0.05, 0) is 37.3 Å². The zero-order valence-electron chi connectivity index (χ0n) is 16.3. The summed E-state index contributed by atoms with van der Waals surface area (Å²) in [4.78, 5) is 28.0. The molecular weight excluding hydrogens is 378 g/mol. The number of quaternary nitrogens is 1. The Morgan fingerprint density at radius 1 is 1.32 bits per heavy atom. The number of likely N-dealkylation sites (N-methyl/N-ethyl adjacent to an activating group) is 1. The first-order valence-corrected chi connectivity index (χ1v) is 9.61. The molecule has 2 aromatic rings. The molecule has 0 aliphatic carbocycles. The predicted molar refractivity (Wildman–Crippen MR) is 110 cm³/mol. The molecule has 1 heterocycles. The van der Waals surface area contributed by atoms with Gasteiger partial charge in [0.05, 0.1) is 25.5 Å². The van der Waals surface area contributed by atoms with E-state index in [1.165, 1.54) is 0 Å². The Kier molecular flexibility index (Phi) is 6.21. The van der Waals surface area contributed by atoms with Gasteiger partial charge >= 0.3 is 0 Å². The van der Waals surface area contributed by atoms with Crippen molar-refractivity contribution in [3.63, 3.8) is 0 Å². The quantitative estimate of drug-likeness (QED) is 0.805. The van der Waals surface area contributed by atoms with Gasteiger partial charge in [0.2, 0.25) is 5.91 Å². The minimum absolute atomic E-state index is 0.0325. The molecule has 1 aliphatic heterocycles. The lowest BCUT2D eigenvalue weighted by atomic mass is 10.1. The largest absolute Gasteiger partial charge is 0.496 e. The van der Waals surface area contributed by atoms with Crippen molar-refractivity contribution >= 4 is 34.8 Å². The van der Waals surface area contributed by atoms with Gasteiger partial charge in [0.1, 0.15) is 12.3 Å². The summed E-state index contributed by atoms with van der Waals surface area (Å²) in [5.74, 6) is 0.633. The van der Waals surface area contributed by atoms with E-state index in [1.54, 1.807) is 18.1 Å². The van der Waals surface area contributed by atoms with Gasteiger partial charge in [-0.15, -0.1) is 0 Å². The molecule has 2 atom stereocenters. The Labute approximate surface area is 170 Å². The third-order valence-corrected chi connectivity index (χ3v) is 5.05. The van der Waals surface area contributed by atoms with Crippen LogP contribution in [0.15, 0.2) is 42.5 Å². The first-order chi connectivity index (χ1) is 13.4. The fraction of sp³-hybridized carbons (Fsp3) is 0.333. The van der Waals surface area contributed by atoms with Crippen LogP contribution in [-0.2, 0) is 16.1 Å². The Hall–Kier alpha value is -2.57. The van der Waals surface area contributed by atoms with E-state index in [9.17, 15) is 9.59 Å². The molecule has 1 unspecified atom stereocenters. The number of carbonyl (C=O) groups excluding carboxylic acids is 2. The molecule has 7 heteroatoms. The fourth-order valence-electron chi connectivity index (χ4n) is 3.58. The van der Waals surface area contributed by atoms with E-state index >= 15 is 0 Å². The number of anilines is 2. The van der Waals surface area contributed by atoms with E-state index in [2.05, 4.69) is 5.32 Å². The van der Waals surface area contributed by atoms with Crippen molar-refractivity contribution in [2.45, 2.75) is 25.9 Å². The second-order valence-electron chi connectivity index (χ2n) is 7.15. The van der Waals surface area contributed by atoms with Crippen molar-refractivity contribution < 1.29 is 19.2 Å². The van der Waals surface area contributed by atoms with Crippen LogP contribution in [0.4, 0.5) is 11.4 Å². The number of hydrogen-bond acceptors (Lipinski definition) is 3. The van der Waals surface area contributed by atoms with Crippen molar-refractivity contribution in [1.29, 1.82) is 0 Å². The van der Waals surface area contributed by atoms with Gasteiger partial charge in [-0.3, -0.25) is 9.59 Å². The molecular formula is C21H25ClN3O3+. The molecule has 148 valence electrons. The minimum atomic E-state index is -0.218. The zero-order chi connectivity index (χ0) is 20.3. The molecule has 0 spiro atoms. The van der Waals surface area contributed by atoms with Gasteiger partial charge in [0.15, 0.2) is 6.54 Å². The smallest absolute Gasteiger partial charge is 0.282 e. The summed E-state index contributed by atoms with van der Waals surface area (Å²) < 4.78 is 5.40. The number of amides is 2. The molecule has 2 N–H and O–H groups in total. The summed E-state index contributed by atoms with van der Waals surface area (Å²) in [6, 6.07) is 12.7. The van der Waals surface area contributed by atoms with Crippen LogP contribution in [0, 0.1) is 0 Å². The molecule has 0 saturated carbocycles. The minimum Gasteiger partial charge on any atom is -0.496 e. The average molecular weight is 403 g/mol. The van der Waals surface area contributed by atoms with Crippen LogP contribution in [0.5, 0.6) is 5.75 Å². The number of carbonyl (C=O) groups is 2. The number of nitrogens with zero attached hydrogens (tertiary/aromatic N) is 1. The van der Waals surface area contributed by atoms with Gasteiger partial charge in [0.25, 0.3) is 5.91 Å². The summed E-state index contributed by atoms with van der Waals surface area (Å²) in [6.45, 7) is 2.77. The molecule has 0 saturated heterocycles. The fourth-order valence-corrected chi connectivity index (χ4v) is 3.78. The predicted octanol–water partition coefficient (Wildman–Crippen LogP) is 2.13. The number of para-hydroxylation sites is 2. The van der Waals surface area contributed by atoms with Crippen LogP contribution in [0.3, 0.4) is 0 Å². The molecule has 0 aromatic heterocycles. The normalized spacial score (nSPS) is 17.4. The second kappa shape index (κ2) is 8.63. The number of hydrogen-bond donors (Lipinski definition) is 2. The number of rotatable bonds is 5. The summed E-state index contributed by atoms with van der Waals surface area (Å²) in [6.07, 6.45) is 0.265. The highest BCUT2D eigenvalue weighted by atomic mass is 35.5. The summed E-state index contributed by atoms with van der Waals surface area (Å²) in [5.41, 5.74) is 2.35. The first kappa shape index (κ1) is 20.2. The van der Waals surface area contributed by atoms with Crippen LogP contribution in [0.25, 0.3) is 0 Å². The molecule has 2 amide bonds. The van der Waals surface area contributed by atoms with Crippen LogP contribution in [0.1, 0.15) is 18.9 Å². The summed E-state index contributed by atoms with van der Waals surface area (Å²) in [5, 5.41) is 3.52. The topological polar surface area (TPSA) is 63.1 Å². The lowest BCUT2D eigenvalue weighted by molar-refractivity contribution is -0.885. The van der Waals surface area contributed by atoms with Crippen molar-refractivity contribution in [3.8, 4) is 5.75 Å². The van der Waals surface area contributed by atoms with Gasteiger partial charge in [-0.1, -0.05) is 23.7 Å². The number of fused-ring (bicyclic) bond motifs is 1. The summed E-state index contributed by atoms with van der Waals surface area (Å²) >= 11 is 6.11. The number of halogens is 1. The average Bonchev–Trinajstić information content (AvgIpc) is 2.75. The van der Waals surface area contributed by atoms with Crippen molar-refractivity contribution in [2.24, 2.45) is 0 Å². The molecule has 28 heavy (non-hydrogen) atoms. The van der Waals surface area contributed by atoms with Crippen LogP contribution >= 0.6 is 11.6 Å². The standard InChI is InChI=1S/C21H24ClN3O3/c1-14-10-20(26)23-17-6-4-5-7-18(17)25(14)21(27)13-24(2)12-15-11-16(22)8-9-19(15)28-3/h4-9,11,14H,10,12-13H2,1-3H3,(H,23,26)/p+1/t14-/m0/s1. The van der Waals surface area contributed by atoms with E-state index in [0.717, 1.165) is 21.9 Å². The molecule has 0 fully saturated rings. The highest BCUT2D eigenvalue weighted by Crippen LogP contribution is 2.31. The number of methoxy groups -OCH3 is 1. The van der Waals surface area contributed by atoms with Crippen molar-refractivity contribution in [1.82, 2.24) is 0 Å². The zero-order valence-corrected chi connectivity index (χ0v) is 17.0. The van der Waals surface area contributed by atoms with E-state index in [4.69, 9.17) is 16.3 Å². The maximum absolute atomic E-state index is 13.2. The van der Waals surface area contributed by atoms with E-state index in [1.807, 2.05) is 50.4 Å². The van der Waals surface area contributed by atoms with Gasteiger partial charge in [-0.25, -0.2) is 0 Å². The molecule has 0 radical (unpaired) electrons. The first-order valence-electron chi connectivity index (χ1n) is 9.23. The number of ether oxygens (including phenoxy) is 1. The van der Waals surface area contributed by atoms with E-state index in [0.29, 0.717) is 17.3 Å². The highest BCUT2D eigenvalue weighted by Gasteiger charge is 2.31. The van der Waals surface area contributed by atoms with Crippen molar-refractivity contribution in [2.75, 3.05) is 30.9 Å². The Balaban J connectivity index is 1.78. The SMILES string of the molecule is COc1ccc(Cl)cc1C[NH+](C)CC(=O)N1c2ccccc2NC(=O)C[C@@H]1C. The van der Waals surface area contributed by atoms with E-state index in [-0.39, 0.29) is 30.8 Å². The Bertz CT molecular complexity index is 887. The lowest BCUT2D eigenvalue weighted by Crippen LogP contribution is -3.09. The third-order valence-electron chi connectivity index (χ3n) is 4.82. The monoisotopic (exact) mass is 402 g/mol. The highest BCUT2D eigenvalue weighted by molar-refractivity contribution is 6.30.